The van der Waals surface area contributed by atoms with Gasteiger partial charge in [0.05, 0.1) is 6.10 Å². The predicted octanol–water partition coefficient (Wildman–Crippen LogP) is 4.00. The summed E-state index contributed by atoms with van der Waals surface area (Å²) in [6, 6.07) is 13.1. The molecule has 1 N–H and O–H groups in total. The van der Waals surface area contributed by atoms with E-state index in [-0.39, 0.29) is 11.9 Å². The SMILES string of the molecule is CNCc1cc(-c2ccc(OC(C)C)cc2)ccc1F. The van der Waals surface area contributed by atoms with E-state index in [2.05, 4.69) is 5.32 Å². The Morgan fingerprint density at radius 3 is 2.30 bits per heavy atom. The van der Waals surface area contributed by atoms with Crippen molar-refractivity contribution in [2.75, 3.05) is 7.05 Å². The molecule has 0 aromatic heterocycles. The molecule has 2 nitrogen and oxygen atoms in total. The lowest BCUT2D eigenvalue weighted by atomic mass is 10.0. The standard InChI is InChI=1S/C17H20FNO/c1-12(2)20-16-7-4-13(5-8-16)14-6-9-17(18)15(10-14)11-19-3/h4-10,12,19H,11H2,1-3H3. The summed E-state index contributed by atoms with van der Waals surface area (Å²) in [5.41, 5.74) is 2.73. The molecule has 0 unspecified atom stereocenters. The van der Waals surface area contributed by atoms with Crippen LogP contribution in [-0.4, -0.2) is 13.2 Å². The molecule has 0 saturated heterocycles. The number of halogens is 1. The summed E-state index contributed by atoms with van der Waals surface area (Å²) in [6.45, 7) is 4.52. The molecule has 0 spiro atoms. The molecule has 0 amide bonds. The fraction of sp³-hybridized carbons (Fsp3) is 0.294. The Kier molecular flexibility index (Phi) is 4.74. The van der Waals surface area contributed by atoms with E-state index in [1.54, 1.807) is 6.07 Å². The molecule has 0 aliphatic carbocycles. The highest BCUT2D eigenvalue weighted by molar-refractivity contribution is 5.65. The van der Waals surface area contributed by atoms with E-state index in [9.17, 15) is 4.39 Å². The molecular formula is C17H20FNO. The summed E-state index contributed by atoms with van der Waals surface area (Å²) >= 11 is 0. The van der Waals surface area contributed by atoms with Crippen molar-refractivity contribution in [3.05, 3.63) is 53.8 Å². The first kappa shape index (κ1) is 14.5. The minimum atomic E-state index is -0.178. The van der Waals surface area contributed by atoms with Crippen LogP contribution in [0.15, 0.2) is 42.5 Å². The first-order chi connectivity index (χ1) is 9.60. The van der Waals surface area contributed by atoms with Crippen LogP contribution in [0.4, 0.5) is 4.39 Å². The van der Waals surface area contributed by atoms with E-state index in [4.69, 9.17) is 4.74 Å². The van der Waals surface area contributed by atoms with Gasteiger partial charge in [0.2, 0.25) is 0 Å². The summed E-state index contributed by atoms with van der Waals surface area (Å²) in [4.78, 5) is 0. The quantitative estimate of drug-likeness (QED) is 0.889. The largest absolute Gasteiger partial charge is 0.491 e. The van der Waals surface area contributed by atoms with E-state index in [1.165, 1.54) is 6.07 Å². The molecule has 106 valence electrons. The first-order valence-electron chi connectivity index (χ1n) is 6.80. The Bertz CT molecular complexity index is 564. The molecule has 20 heavy (non-hydrogen) atoms. The van der Waals surface area contributed by atoms with Crippen molar-refractivity contribution in [3.8, 4) is 16.9 Å². The highest BCUT2D eigenvalue weighted by Crippen LogP contribution is 2.25. The minimum Gasteiger partial charge on any atom is -0.491 e. The highest BCUT2D eigenvalue weighted by Gasteiger charge is 2.05. The van der Waals surface area contributed by atoms with Gasteiger partial charge in [0.25, 0.3) is 0 Å². The zero-order valence-electron chi connectivity index (χ0n) is 12.1. The molecular weight excluding hydrogens is 253 g/mol. The van der Waals surface area contributed by atoms with Crippen molar-refractivity contribution >= 4 is 0 Å². The Balaban J connectivity index is 2.25. The molecule has 0 radical (unpaired) electrons. The van der Waals surface area contributed by atoms with E-state index < -0.39 is 0 Å². The maximum atomic E-state index is 13.6. The number of hydrogen-bond donors (Lipinski definition) is 1. The molecule has 0 aliphatic heterocycles. The second-order valence-corrected chi connectivity index (χ2v) is 5.03. The van der Waals surface area contributed by atoms with Gasteiger partial charge in [0.1, 0.15) is 11.6 Å². The highest BCUT2D eigenvalue weighted by atomic mass is 19.1. The smallest absolute Gasteiger partial charge is 0.127 e. The molecule has 2 aromatic rings. The van der Waals surface area contributed by atoms with Gasteiger partial charge >= 0.3 is 0 Å². The summed E-state index contributed by atoms with van der Waals surface area (Å²) in [7, 11) is 1.81. The third-order valence-electron chi connectivity index (χ3n) is 2.97. The van der Waals surface area contributed by atoms with Gasteiger partial charge in [-0.05, 0) is 56.3 Å². The third-order valence-corrected chi connectivity index (χ3v) is 2.97. The number of hydrogen-bond acceptors (Lipinski definition) is 2. The normalized spacial score (nSPS) is 10.8. The Labute approximate surface area is 119 Å². The van der Waals surface area contributed by atoms with Crippen LogP contribution in [0.3, 0.4) is 0 Å². The lowest BCUT2D eigenvalue weighted by molar-refractivity contribution is 0.242. The van der Waals surface area contributed by atoms with E-state index in [1.807, 2.05) is 51.2 Å². The van der Waals surface area contributed by atoms with Crippen LogP contribution in [0, 0.1) is 5.82 Å². The van der Waals surface area contributed by atoms with Crippen LogP contribution in [0.25, 0.3) is 11.1 Å². The van der Waals surface area contributed by atoms with Gasteiger partial charge in [0, 0.05) is 12.1 Å². The zero-order valence-corrected chi connectivity index (χ0v) is 12.1. The van der Waals surface area contributed by atoms with Crippen LogP contribution in [0.2, 0.25) is 0 Å². The first-order valence-corrected chi connectivity index (χ1v) is 6.80. The average Bonchev–Trinajstić information content (AvgIpc) is 2.42. The van der Waals surface area contributed by atoms with Crippen molar-refractivity contribution in [1.82, 2.24) is 5.32 Å². The Hall–Kier alpha value is -1.87. The summed E-state index contributed by atoms with van der Waals surface area (Å²) in [5, 5.41) is 2.97. The number of nitrogens with one attached hydrogen (secondary N) is 1. The number of rotatable bonds is 5. The van der Waals surface area contributed by atoms with Crippen molar-refractivity contribution in [3.63, 3.8) is 0 Å². The predicted molar refractivity (Wildman–Crippen MR) is 80.4 cm³/mol. The van der Waals surface area contributed by atoms with Gasteiger partial charge in [0.15, 0.2) is 0 Å². The van der Waals surface area contributed by atoms with Crippen molar-refractivity contribution in [2.45, 2.75) is 26.5 Å². The van der Waals surface area contributed by atoms with Crippen molar-refractivity contribution in [2.24, 2.45) is 0 Å². The molecule has 2 aromatic carbocycles. The fourth-order valence-corrected chi connectivity index (χ4v) is 2.08. The average molecular weight is 273 g/mol. The summed E-state index contributed by atoms with van der Waals surface area (Å²) in [6.07, 6.45) is 0.161. The lowest BCUT2D eigenvalue weighted by Crippen LogP contribution is -2.07. The lowest BCUT2D eigenvalue weighted by Gasteiger charge is -2.11. The number of benzene rings is 2. The summed E-state index contributed by atoms with van der Waals surface area (Å²) < 4.78 is 19.2. The molecule has 2 rings (SSSR count). The van der Waals surface area contributed by atoms with Crippen LogP contribution in [-0.2, 0) is 6.54 Å². The minimum absolute atomic E-state index is 0.161. The molecule has 0 saturated carbocycles. The molecule has 0 heterocycles. The summed E-state index contributed by atoms with van der Waals surface area (Å²) in [5.74, 6) is 0.671. The van der Waals surface area contributed by atoms with E-state index in [0.29, 0.717) is 12.1 Å². The maximum Gasteiger partial charge on any atom is 0.127 e. The molecule has 3 heteroatoms. The molecule has 0 bridgehead atoms. The van der Waals surface area contributed by atoms with E-state index in [0.717, 1.165) is 16.9 Å². The van der Waals surface area contributed by atoms with Gasteiger partial charge in [-0.15, -0.1) is 0 Å². The fourth-order valence-electron chi connectivity index (χ4n) is 2.08. The van der Waals surface area contributed by atoms with Crippen LogP contribution < -0.4 is 10.1 Å². The van der Waals surface area contributed by atoms with Crippen LogP contribution in [0.5, 0.6) is 5.75 Å². The van der Waals surface area contributed by atoms with Gasteiger partial charge in [-0.3, -0.25) is 0 Å². The van der Waals surface area contributed by atoms with Crippen molar-refractivity contribution < 1.29 is 9.13 Å². The van der Waals surface area contributed by atoms with Crippen LogP contribution in [0.1, 0.15) is 19.4 Å². The van der Waals surface area contributed by atoms with Crippen molar-refractivity contribution in [1.29, 1.82) is 0 Å². The Morgan fingerprint density at radius 1 is 1.05 bits per heavy atom. The van der Waals surface area contributed by atoms with Gasteiger partial charge in [-0.2, -0.15) is 0 Å². The van der Waals surface area contributed by atoms with Gasteiger partial charge in [-0.25, -0.2) is 4.39 Å². The maximum absolute atomic E-state index is 13.6. The van der Waals surface area contributed by atoms with E-state index >= 15 is 0 Å². The zero-order chi connectivity index (χ0) is 14.5. The topological polar surface area (TPSA) is 21.3 Å². The molecule has 0 aliphatic rings. The monoisotopic (exact) mass is 273 g/mol. The second-order valence-electron chi connectivity index (χ2n) is 5.03. The Morgan fingerprint density at radius 2 is 1.70 bits per heavy atom. The second kappa shape index (κ2) is 6.53. The van der Waals surface area contributed by atoms with Gasteiger partial charge < -0.3 is 10.1 Å². The third kappa shape index (κ3) is 3.58. The molecule has 0 fully saturated rings. The molecule has 0 atom stereocenters. The van der Waals surface area contributed by atoms with Gasteiger partial charge in [-0.1, -0.05) is 18.2 Å². The van der Waals surface area contributed by atoms with Crippen LogP contribution >= 0.6 is 0 Å². The number of ether oxygens (including phenoxy) is 1.